The van der Waals surface area contributed by atoms with Crippen molar-refractivity contribution in [1.82, 2.24) is 14.5 Å². The van der Waals surface area contributed by atoms with Crippen LogP contribution in [0.3, 0.4) is 0 Å². The molecule has 1 N–H and O–H groups in total. The molecule has 1 unspecified atom stereocenters. The highest BCUT2D eigenvalue weighted by Gasteiger charge is 2.26. The van der Waals surface area contributed by atoms with Gasteiger partial charge in [0.05, 0.1) is 11.7 Å². The molecule has 3 aromatic rings. The Bertz CT molecular complexity index is 1010. The van der Waals surface area contributed by atoms with E-state index in [9.17, 15) is 19.5 Å². The Kier molecular flexibility index (Phi) is 5.66. The lowest BCUT2D eigenvalue weighted by atomic mass is 10.0. The Morgan fingerprint density at radius 3 is 2.70 bits per heavy atom. The number of thiophene rings is 1. The fraction of sp³-hybridized carbons (Fsp3) is 0.263. The van der Waals surface area contributed by atoms with Gasteiger partial charge in [-0.3, -0.25) is 14.2 Å². The van der Waals surface area contributed by atoms with Crippen LogP contribution in [0.4, 0.5) is 0 Å². The van der Waals surface area contributed by atoms with Crippen molar-refractivity contribution in [3.63, 3.8) is 0 Å². The highest BCUT2D eigenvalue weighted by atomic mass is 32.1. The summed E-state index contributed by atoms with van der Waals surface area (Å²) in [6.07, 6.45) is 1.67. The number of aryl methyl sites for hydroxylation is 1. The van der Waals surface area contributed by atoms with Crippen molar-refractivity contribution < 1.29 is 14.7 Å². The van der Waals surface area contributed by atoms with Crippen LogP contribution in [0.2, 0.25) is 0 Å². The molecule has 3 rings (SSSR count). The van der Waals surface area contributed by atoms with E-state index >= 15 is 0 Å². The summed E-state index contributed by atoms with van der Waals surface area (Å²) in [7, 11) is 1.48. The fourth-order valence-corrected chi connectivity index (χ4v) is 3.57. The number of nitrogens with zero attached hydrogens (tertiary/aromatic N) is 3. The van der Waals surface area contributed by atoms with E-state index < -0.39 is 12.0 Å². The van der Waals surface area contributed by atoms with Gasteiger partial charge in [0.2, 0.25) is 5.91 Å². The van der Waals surface area contributed by atoms with E-state index in [-0.39, 0.29) is 30.9 Å². The molecule has 0 aliphatic carbocycles. The molecule has 0 saturated carbocycles. The molecule has 2 heterocycles. The molecule has 1 amide bonds. The molecule has 7 nitrogen and oxygen atoms in total. The minimum absolute atomic E-state index is 0.0201. The van der Waals surface area contributed by atoms with Crippen molar-refractivity contribution in [3.05, 3.63) is 64.0 Å². The predicted molar refractivity (Wildman–Crippen MR) is 103 cm³/mol. The van der Waals surface area contributed by atoms with E-state index in [4.69, 9.17) is 0 Å². The van der Waals surface area contributed by atoms with E-state index in [0.717, 1.165) is 5.56 Å². The lowest BCUT2D eigenvalue weighted by Crippen LogP contribution is -2.44. The lowest BCUT2D eigenvalue weighted by Gasteiger charge is -2.25. The van der Waals surface area contributed by atoms with Crippen molar-refractivity contribution in [3.8, 4) is 0 Å². The molecule has 2 aromatic heterocycles. The summed E-state index contributed by atoms with van der Waals surface area (Å²) in [5.41, 5.74) is 0.642. The summed E-state index contributed by atoms with van der Waals surface area (Å²) in [5, 5.41) is 11.8. The van der Waals surface area contributed by atoms with Gasteiger partial charge in [-0.2, -0.15) is 0 Å². The van der Waals surface area contributed by atoms with Gasteiger partial charge < -0.3 is 10.0 Å². The van der Waals surface area contributed by atoms with Gasteiger partial charge in [0, 0.05) is 26.4 Å². The van der Waals surface area contributed by atoms with Crippen LogP contribution in [0.15, 0.2) is 52.9 Å². The zero-order valence-electron chi connectivity index (χ0n) is 14.7. The van der Waals surface area contributed by atoms with Crippen LogP contribution in [-0.4, -0.2) is 44.5 Å². The van der Waals surface area contributed by atoms with Gasteiger partial charge in [-0.15, -0.1) is 11.3 Å². The maximum Gasteiger partial charge on any atom is 0.326 e. The molecule has 27 heavy (non-hydrogen) atoms. The second kappa shape index (κ2) is 8.13. The lowest BCUT2D eigenvalue weighted by molar-refractivity contribution is -0.149. The molecular formula is C19H19N3O4S. The normalized spacial score (nSPS) is 12.0. The molecule has 0 aliphatic heterocycles. The van der Waals surface area contributed by atoms with E-state index in [1.54, 1.807) is 11.4 Å². The molecule has 1 aromatic carbocycles. The van der Waals surface area contributed by atoms with Gasteiger partial charge in [0.15, 0.2) is 0 Å². The summed E-state index contributed by atoms with van der Waals surface area (Å²) in [4.78, 5) is 42.6. The third-order valence-electron chi connectivity index (χ3n) is 4.43. The van der Waals surface area contributed by atoms with Crippen molar-refractivity contribution in [1.29, 1.82) is 0 Å². The molecule has 0 radical (unpaired) electrons. The molecule has 0 fully saturated rings. The number of benzene rings is 1. The highest BCUT2D eigenvalue weighted by molar-refractivity contribution is 7.16. The largest absolute Gasteiger partial charge is 0.480 e. The maximum absolute atomic E-state index is 12.5. The van der Waals surface area contributed by atoms with Gasteiger partial charge in [-0.1, -0.05) is 30.3 Å². The number of carboxylic acids is 1. The van der Waals surface area contributed by atoms with E-state index in [2.05, 4.69) is 4.98 Å². The van der Waals surface area contributed by atoms with Crippen LogP contribution in [0.5, 0.6) is 0 Å². The number of hydrogen-bond donors (Lipinski definition) is 1. The summed E-state index contributed by atoms with van der Waals surface area (Å²) < 4.78 is 1.38. The second-order valence-electron chi connectivity index (χ2n) is 6.18. The van der Waals surface area contributed by atoms with Crippen molar-refractivity contribution in [2.24, 2.45) is 0 Å². The zero-order valence-corrected chi connectivity index (χ0v) is 15.6. The minimum atomic E-state index is -1.06. The zero-order chi connectivity index (χ0) is 19.4. The first-order valence-electron chi connectivity index (χ1n) is 8.42. The monoisotopic (exact) mass is 385 g/mol. The van der Waals surface area contributed by atoms with Crippen LogP contribution in [0.1, 0.15) is 12.0 Å². The second-order valence-corrected chi connectivity index (χ2v) is 7.08. The maximum atomic E-state index is 12.5. The molecule has 0 saturated heterocycles. The predicted octanol–water partition coefficient (Wildman–Crippen LogP) is 2.00. The number of carbonyl (C=O) groups is 2. The Hall–Kier alpha value is -3.00. The first kappa shape index (κ1) is 18.8. The Labute approximate surface area is 159 Å². The van der Waals surface area contributed by atoms with Crippen LogP contribution in [0.25, 0.3) is 10.2 Å². The summed E-state index contributed by atoms with van der Waals surface area (Å²) in [6.45, 7) is 0.151. The van der Waals surface area contributed by atoms with Gasteiger partial charge in [-0.05, 0) is 17.0 Å². The van der Waals surface area contributed by atoms with Gasteiger partial charge in [0.1, 0.15) is 10.9 Å². The topological polar surface area (TPSA) is 92.5 Å². The minimum Gasteiger partial charge on any atom is -0.480 e. The third-order valence-corrected chi connectivity index (χ3v) is 5.26. The Morgan fingerprint density at radius 2 is 2.00 bits per heavy atom. The number of hydrogen-bond acceptors (Lipinski definition) is 5. The SMILES string of the molecule is CN(C(=O)CCn1cnc2sccc2c1=O)C(Cc1ccccc1)C(=O)O. The molecular weight excluding hydrogens is 366 g/mol. The number of likely N-dealkylation sites (N-methyl/N-ethyl adjacent to an activating group) is 1. The number of fused-ring (bicyclic) bond motifs is 1. The smallest absolute Gasteiger partial charge is 0.326 e. The number of aromatic nitrogens is 2. The third kappa shape index (κ3) is 4.22. The number of carboxylic acid groups (broad SMARTS) is 1. The number of rotatable bonds is 7. The van der Waals surface area contributed by atoms with Gasteiger partial charge >= 0.3 is 5.97 Å². The summed E-state index contributed by atoms with van der Waals surface area (Å²) in [5.74, 6) is -1.40. The van der Waals surface area contributed by atoms with Gasteiger partial charge in [-0.25, -0.2) is 9.78 Å². The molecule has 140 valence electrons. The standard InChI is InChI=1S/C19H19N3O4S/c1-21(15(19(25)26)11-13-5-3-2-4-6-13)16(23)7-9-22-12-20-17-14(18(22)24)8-10-27-17/h2-6,8,10,12,15H,7,9,11H2,1H3,(H,25,26). The van der Waals surface area contributed by atoms with Crippen LogP contribution in [-0.2, 0) is 22.6 Å². The first-order chi connectivity index (χ1) is 13.0. The highest BCUT2D eigenvalue weighted by Crippen LogP contribution is 2.14. The number of amides is 1. The Morgan fingerprint density at radius 1 is 1.26 bits per heavy atom. The summed E-state index contributed by atoms with van der Waals surface area (Å²) in [6, 6.07) is 9.91. The fourth-order valence-electron chi connectivity index (χ4n) is 2.85. The average molecular weight is 385 g/mol. The van der Waals surface area contributed by atoms with Crippen LogP contribution < -0.4 is 5.56 Å². The van der Waals surface area contributed by atoms with Crippen molar-refractivity contribution >= 4 is 33.4 Å². The quantitative estimate of drug-likeness (QED) is 0.672. The average Bonchev–Trinajstić information content (AvgIpc) is 3.15. The van der Waals surface area contributed by atoms with Crippen molar-refractivity contribution in [2.75, 3.05) is 7.05 Å². The Balaban J connectivity index is 1.68. The van der Waals surface area contributed by atoms with Crippen LogP contribution in [0, 0.1) is 0 Å². The van der Waals surface area contributed by atoms with Crippen LogP contribution >= 0.6 is 11.3 Å². The van der Waals surface area contributed by atoms with Gasteiger partial charge in [0.25, 0.3) is 5.56 Å². The molecule has 0 aliphatic rings. The van der Waals surface area contributed by atoms with E-state index in [1.165, 1.54) is 34.2 Å². The molecule has 0 spiro atoms. The molecule has 0 bridgehead atoms. The first-order valence-corrected chi connectivity index (χ1v) is 9.30. The van der Waals surface area contributed by atoms with E-state index in [1.807, 2.05) is 30.3 Å². The summed E-state index contributed by atoms with van der Waals surface area (Å²) >= 11 is 1.38. The number of aliphatic carboxylic acids is 1. The number of carbonyl (C=O) groups excluding carboxylic acids is 1. The molecule has 1 atom stereocenters. The molecule has 8 heteroatoms. The van der Waals surface area contributed by atoms with Crippen molar-refractivity contribution in [2.45, 2.75) is 25.4 Å². The van der Waals surface area contributed by atoms with E-state index in [0.29, 0.717) is 10.2 Å².